The predicted octanol–water partition coefficient (Wildman–Crippen LogP) is -4.93. The van der Waals surface area contributed by atoms with Gasteiger partial charge in [-0.2, -0.15) is 0 Å². The number of carbonyl (C=O) groups excluding carboxylic acids is 9. The summed E-state index contributed by atoms with van der Waals surface area (Å²) in [4.78, 5) is 122. The van der Waals surface area contributed by atoms with Gasteiger partial charge in [-0.1, -0.05) is 30.3 Å². The fourth-order valence-electron chi connectivity index (χ4n) is 7.56. The Bertz CT molecular complexity index is 1870. The van der Waals surface area contributed by atoms with Crippen LogP contribution in [0.3, 0.4) is 0 Å². The molecule has 0 bridgehead atoms. The van der Waals surface area contributed by atoms with Crippen LogP contribution in [0.4, 0.5) is 4.79 Å². The first-order valence-corrected chi connectivity index (χ1v) is 26.0. The minimum atomic E-state index is -1.29. The molecule has 1 aromatic carbocycles. The Balaban J connectivity index is 3.36. The molecule has 0 radical (unpaired) electrons. The average molecular weight is 1060 g/mol. The first-order chi connectivity index (χ1) is 36.0. The lowest BCUT2D eigenvalue weighted by molar-refractivity contribution is -0.136. The number of hydrogen-bond acceptors (Lipinski definition) is 18. The van der Waals surface area contributed by atoms with Crippen molar-refractivity contribution in [1.82, 2.24) is 42.5 Å². The van der Waals surface area contributed by atoms with Crippen molar-refractivity contribution in [2.75, 3.05) is 52.4 Å². The smallest absolute Gasteiger partial charge is 0.408 e. The summed E-state index contributed by atoms with van der Waals surface area (Å²) in [5, 5.41) is 21.2. The van der Waals surface area contributed by atoms with Crippen molar-refractivity contribution in [2.45, 2.75) is 158 Å². The van der Waals surface area contributed by atoms with Crippen LogP contribution in [-0.4, -0.2) is 154 Å². The molecule has 75 heavy (non-hydrogen) atoms. The molecule has 0 saturated carbocycles. The monoisotopic (exact) mass is 1060 g/mol. The van der Waals surface area contributed by atoms with Crippen LogP contribution in [0.15, 0.2) is 30.3 Å². The van der Waals surface area contributed by atoms with Crippen LogP contribution >= 0.6 is 0 Å². The summed E-state index contributed by atoms with van der Waals surface area (Å²) in [5.41, 5.74) is 52.3. The summed E-state index contributed by atoms with van der Waals surface area (Å²) in [6, 6.07) is -0.757. The standard InChI is InChI=1S/C48H89N17O10/c49-22-4-14-32(40(57)66)58-41(67)33(15-5-23-50)59-42(68)34(16-6-24-51)60-43(69)35(17-7-25-52)61-44(70)36(18-8-26-53)62-45(71)37(19-9-27-54)63-46(72)38(20-10-28-55)64-47(73)39(21-11-29-56)65-48(74)75-30-31-12-2-1-3-13-31/h1-3,12-13,32-39H,4-11,14-30,49-56H2,(H2,57,66)(H,58,67)(H,59,68)(H,60,69)(H,61,70)(H,62,71)(H,63,72)(H,64,73)(H,65,74)/t32-,33-,34-,35-,36-,37-,38-,39-/m1/s1. The van der Waals surface area contributed by atoms with E-state index in [-0.39, 0.29) is 142 Å². The Hall–Kier alpha value is -6.07. The van der Waals surface area contributed by atoms with Crippen LogP contribution in [0.25, 0.3) is 0 Å². The fourth-order valence-corrected chi connectivity index (χ4v) is 7.56. The molecule has 0 aliphatic heterocycles. The molecule has 9 amide bonds. The minimum Gasteiger partial charge on any atom is -0.445 e. The molecule has 426 valence electrons. The number of nitrogens with one attached hydrogen (secondary N) is 8. The van der Waals surface area contributed by atoms with Crippen molar-refractivity contribution in [3.63, 3.8) is 0 Å². The van der Waals surface area contributed by atoms with E-state index in [9.17, 15) is 43.2 Å². The molecule has 0 unspecified atom stereocenters. The Kier molecular flexibility index (Phi) is 35.9. The van der Waals surface area contributed by atoms with Crippen LogP contribution in [-0.2, 0) is 49.7 Å². The molecule has 27 heteroatoms. The van der Waals surface area contributed by atoms with E-state index in [0.717, 1.165) is 5.56 Å². The van der Waals surface area contributed by atoms with Crippen molar-refractivity contribution in [2.24, 2.45) is 51.6 Å². The number of ether oxygens (including phenoxy) is 1. The summed E-state index contributed by atoms with van der Waals surface area (Å²) in [6.45, 7) is 1.26. The van der Waals surface area contributed by atoms with E-state index in [2.05, 4.69) is 42.5 Å². The van der Waals surface area contributed by atoms with Crippen LogP contribution in [0, 0.1) is 0 Å². The second-order valence-corrected chi connectivity index (χ2v) is 18.0. The lowest BCUT2D eigenvalue weighted by Gasteiger charge is -2.28. The highest BCUT2D eigenvalue weighted by molar-refractivity contribution is 5.98. The fraction of sp³-hybridized carbons (Fsp3) is 0.688. The van der Waals surface area contributed by atoms with Gasteiger partial charge in [0.25, 0.3) is 0 Å². The molecular weight excluding hydrogens is 975 g/mol. The van der Waals surface area contributed by atoms with Gasteiger partial charge in [0.1, 0.15) is 54.9 Å². The van der Waals surface area contributed by atoms with Gasteiger partial charge in [0.15, 0.2) is 0 Å². The number of nitrogens with two attached hydrogens (primary N) is 9. The van der Waals surface area contributed by atoms with Gasteiger partial charge in [-0.25, -0.2) is 4.79 Å². The van der Waals surface area contributed by atoms with Crippen LogP contribution < -0.4 is 94.1 Å². The summed E-state index contributed by atoms with van der Waals surface area (Å²) in [7, 11) is 0. The SMILES string of the molecule is NCCC[C@@H](NC(=O)[C@@H](CCCN)NC(=O)[C@@H](CCCN)NC(=O)[C@@H](CCCN)NC(=O)[C@@H](CCCN)NC(=O)[C@@H](CCCN)NC(=O)[C@@H](CCCN)NC(=O)[C@@H](CCCN)NC(=O)OCc1ccccc1)C(N)=O. The number of amides is 9. The van der Waals surface area contributed by atoms with Crippen molar-refractivity contribution in [3.8, 4) is 0 Å². The van der Waals surface area contributed by atoms with Gasteiger partial charge in [-0.05, 0) is 161 Å². The molecule has 26 N–H and O–H groups in total. The predicted molar refractivity (Wildman–Crippen MR) is 283 cm³/mol. The summed E-state index contributed by atoms with van der Waals surface area (Å²) < 4.78 is 5.31. The topological polar surface area (TPSA) is 493 Å². The van der Waals surface area contributed by atoms with Crippen LogP contribution in [0.1, 0.15) is 108 Å². The average Bonchev–Trinajstić information content (AvgIpc) is 3.40. The lowest BCUT2D eigenvalue weighted by atomic mass is 10.0. The van der Waals surface area contributed by atoms with Crippen molar-refractivity contribution in [3.05, 3.63) is 35.9 Å². The minimum absolute atomic E-state index is 0.00757. The lowest BCUT2D eigenvalue weighted by Crippen LogP contribution is -2.60. The van der Waals surface area contributed by atoms with E-state index in [4.69, 9.17) is 56.3 Å². The Morgan fingerprint density at radius 2 is 0.547 bits per heavy atom. The highest BCUT2D eigenvalue weighted by atomic mass is 16.5. The van der Waals surface area contributed by atoms with Crippen molar-refractivity contribution >= 4 is 53.4 Å². The highest BCUT2D eigenvalue weighted by Gasteiger charge is 2.34. The first-order valence-electron chi connectivity index (χ1n) is 26.0. The van der Waals surface area contributed by atoms with E-state index in [1.165, 1.54) is 0 Å². The number of rotatable bonds is 42. The maximum Gasteiger partial charge on any atom is 0.408 e. The molecule has 0 heterocycles. The Morgan fingerprint density at radius 3 is 0.773 bits per heavy atom. The zero-order chi connectivity index (χ0) is 56.0. The van der Waals surface area contributed by atoms with Gasteiger partial charge in [-0.15, -0.1) is 0 Å². The maximum atomic E-state index is 14.1. The second-order valence-electron chi connectivity index (χ2n) is 18.0. The largest absolute Gasteiger partial charge is 0.445 e. The number of carbonyl (C=O) groups is 9. The second kappa shape index (κ2) is 40.3. The molecule has 0 aliphatic rings. The summed E-state index contributed by atoms with van der Waals surface area (Å²) >= 11 is 0. The number of alkyl carbamates (subject to hydrolysis) is 1. The molecule has 1 rings (SSSR count). The molecule has 0 aliphatic carbocycles. The van der Waals surface area contributed by atoms with Gasteiger partial charge < -0.3 is 98.9 Å². The third-order valence-electron chi connectivity index (χ3n) is 11.9. The van der Waals surface area contributed by atoms with Gasteiger partial charge in [0.05, 0.1) is 0 Å². The molecule has 0 fully saturated rings. The summed E-state index contributed by atoms with van der Waals surface area (Å²) in [5.74, 6) is -6.03. The molecule has 8 atom stereocenters. The zero-order valence-corrected chi connectivity index (χ0v) is 43.5. The normalized spacial score (nSPS) is 14.2. The first kappa shape index (κ1) is 66.9. The highest BCUT2D eigenvalue weighted by Crippen LogP contribution is 2.10. The maximum absolute atomic E-state index is 14.1. The van der Waals surface area contributed by atoms with Crippen LogP contribution in [0.2, 0.25) is 0 Å². The molecule has 1 aromatic rings. The van der Waals surface area contributed by atoms with Gasteiger partial charge in [-0.3, -0.25) is 38.4 Å². The number of primary amides is 1. The van der Waals surface area contributed by atoms with Crippen molar-refractivity contribution < 1.29 is 47.9 Å². The quantitative estimate of drug-likeness (QED) is 0.0292. The zero-order valence-electron chi connectivity index (χ0n) is 43.5. The van der Waals surface area contributed by atoms with E-state index >= 15 is 0 Å². The number of benzene rings is 1. The summed E-state index contributed by atoms with van der Waals surface area (Å²) in [6.07, 6.45) is 2.03. The van der Waals surface area contributed by atoms with E-state index in [0.29, 0.717) is 19.3 Å². The molecular formula is C48H89N17O10. The van der Waals surface area contributed by atoms with E-state index in [1.54, 1.807) is 24.3 Å². The Labute approximate surface area is 440 Å². The third kappa shape index (κ3) is 27.9. The molecule has 0 spiro atoms. The van der Waals surface area contributed by atoms with Gasteiger partial charge in [0.2, 0.25) is 47.3 Å². The van der Waals surface area contributed by atoms with Gasteiger partial charge >= 0.3 is 6.09 Å². The molecule has 27 nitrogen and oxygen atoms in total. The Morgan fingerprint density at radius 1 is 0.333 bits per heavy atom. The third-order valence-corrected chi connectivity index (χ3v) is 11.9. The van der Waals surface area contributed by atoms with Crippen LogP contribution in [0.5, 0.6) is 0 Å². The van der Waals surface area contributed by atoms with Crippen molar-refractivity contribution in [1.29, 1.82) is 0 Å². The van der Waals surface area contributed by atoms with E-state index in [1.807, 2.05) is 6.07 Å². The molecule has 0 saturated heterocycles. The van der Waals surface area contributed by atoms with E-state index < -0.39 is 102 Å². The van der Waals surface area contributed by atoms with Gasteiger partial charge in [0, 0.05) is 0 Å². The molecule has 0 aromatic heterocycles. The number of hydrogen-bond donors (Lipinski definition) is 17.